The van der Waals surface area contributed by atoms with Gasteiger partial charge in [0.05, 0.1) is 35.6 Å². The molecule has 12 heteroatoms. The summed E-state index contributed by atoms with van der Waals surface area (Å²) in [6, 6.07) is 3.70. The molecule has 188 valence electrons. The number of nitrogens with zero attached hydrogens (tertiary/aromatic N) is 6. The molecule has 0 amide bonds. The molecule has 12 nitrogen and oxygen atoms in total. The number of pyridine rings is 1. The molecule has 1 aliphatic rings. The molecular weight excluding hydrogens is 454 g/mol. The number of aryl methyl sites for hydroxylation is 2. The Morgan fingerprint density at radius 3 is 2.94 bits per heavy atom. The summed E-state index contributed by atoms with van der Waals surface area (Å²) in [6.45, 7) is 5.17. The van der Waals surface area contributed by atoms with Gasteiger partial charge in [-0.3, -0.25) is 4.79 Å². The van der Waals surface area contributed by atoms with Gasteiger partial charge in [0.15, 0.2) is 0 Å². The van der Waals surface area contributed by atoms with Crippen molar-refractivity contribution in [3.8, 4) is 17.1 Å². The number of carboxylic acid groups (broad SMARTS) is 1. The van der Waals surface area contributed by atoms with Gasteiger partial charge in [0.1, 0.15) is 18.1 Å². The first kappa shape index (κ1) is 24.6. The summed E-state index contributed by atoms with van der Waals surface area (Å²) in [7, 11) is 1.81. The predicted molar refractivity (Wildman–Crippen MR) is 125 cm³/mol. The highest BCUT2D eigenvalue weighted by Gasteiger charge is 2.28. The fourth-order valence-electron chi connectivity index (χ4n) is 4.09. The number of carboxylic acids is 1. The van der Waals surface area contributed by atoms with E-state index in [1.165, 1.54) is 0 Å². The fourth-order valence-corrected chi connectivity index (χ4v) is 4.09. The minimum absolute atomic E-state index is 0.125. The maximum Gasteiger partial charge on any atom is 0.306 e. The van der Waals surface area contributed by atoms with E-state index in [1.807, 2.05) is 26.0 Å². The summed E-state index contributed by atoms with van der Waals surface area (Å²) in [5.41, 5.74) is 2.80. The third kappa shape index (κ3) is 6.13. The number of aromatic nitrogens is 6. The SMILES string of the molecule is CCCOCc1nc(NCc2c(-c3ccc(O[C@H]4CCC[C@H](C(=O)O)C4)c(C)n3)nnn2C)no1. The van der Waals surface area contributed by atoms with Gasteiger partial charge in [-0.15, -0.1) is 5.10 Å². The van der Waals surface area contributed by atoms with Crippen molar-refractivity contribution in [3.63, 3.8) is 0 Å². The van der Waals surface area contributed by atoms with E-state index in [4.69, 9.17) is 14.0 Å². The van der Waals surface area contributed by atoms with Gasteiger partial charge in [-0.25, -0.2) is 9.67 Å². The summed E-state index contributed by atoms with van der Waals surface area (Å²) in [5, 5.41) is 24.8. The summed E-state index contributed by atoms with van der Waals surface area (Å²) >= 11 is 0. The van der Waals surface area contributed by atoms with E-state index in [-0.39, 0.29) is 18.6 Å². The zero-order valence-corrected chi connectivity index (χ0v) is 20.2. The van der Waals surface area contributed by atoms with Crippen LogP contribution in [0.15, 0.2) is 16.7 Å². The molecule has 0 aliphatic heterocycles. The quantitative estimate of drug-likeness (QED) is 0.385. The van der Waals surface area contributed by atoms with Crippen molar-refractivity contribution in [2.24, 2.45) is 13.0 Å². The Morgan fingerprint density at radius 1 is 1.31 bits per heavy atom. The lowest BCUT2D eigenvalue weighted by Crippen LogP contribution is -2.29. The second-order valence-electron chi connectivity index (χ2n) is 8.65. The van der Waals surface area contributed by atoms with Crippen LogP contribution in [0.4, 0.5) is 5.95 Å². The highest BCUT2D eigenvalue weighted by atomic mass is 16.5. The second kappa shape index (κ2) is 11.3. The van der Waals surface area contributed by atoms with Crippen LogP contribution >= 0.6 is 0 Å². The van der Waals surface area contributed by atoms with Gasteiger partial charge in [-0.2, -0.15) is 4.98 Å². The number of anilines is 1. The molecule has 2 N–H and O–H groups in total. The normalized spacial score (nSPS) is 17.9. The minimum Gasteiger partial charge on any atom is -0.489 e. The Bertz CT molecular complexity index is 1150. The van der Waals surface area contributed by atoms with Gasteiger partial charge in [-0.1, -0.05) is 12.1 Å². The van der Waals surface area contributed by atoms with Gasteiger partial charge in [-0.05, 0) is 56.3 Å². The Balaban J connectivity index is 1.42. The van der Waals surface area contributed by atoms with E-state index in [2.05, 4.69) is 30.8 Å². The third-order valence-corrected chi connectivity index (χ3v) is 5.95. The molecule has 3 heterocycles. The second-order valence-corrected chi connectivity index (χ2v) is 8.65. The number of rotatable bonds is 11. The summed E-state index contributed by atoms with van der Waals surface area (Å²) in [6.07, 6.45) is 3.69. The molecule has 0 unspecified atom stereocenters. The van der Waals surface area contributed by atoms with Crippen LogP contribution in [0.25, 0.3) is 11.4 Å². The minimum atomic E-state index is -0.755. The van der Waals surface area contributed by atoms with Crippen molar-refractivity contribution in [2.75, 3.05) is 11.9 Å². The van der Waals surface area contributed by atoms with Crippen molar-refractivity contribution in [1.82, 2.24) is 30.1 Å². The third-order valence-electron chi connectivity index (χ3n) is 5.95. The number of nitrogens with one attached hydrogen (secondary N) is 1. The highest BCUT2D eigenvalue weighted by molar-refractivity contribution is 5.70. The van der Waals surface area contributed by atoms with Crippen LogP contribution in [-0.2, 0) is 29.7 Å². The fraction of sp³-hybridized carbons (Fsp3) is 0.565. The van der Waals surface area contributed by atoms with Crippen LogP contribution < -0.4 is 10.1 Å². The molecule has 0 spiro atoms. The molecule has 0 radical (unpaired) electrons. The lowest BCUT2D eigenvalue weighted by molar-refractivity contribution is -0.143. The van der Waals surface area contributed by atoms with Crippen LogP contribution in [0.5, 0.6) is 5.75 Å². The molecule has 0 bridgehead atoms. The van der Waals surface area contributed by atoms with Crippen molar-refractivity contribution < 1.29 is 23.9 Å². The maximum absolute atomic E-state index is 11.3. The first-order chi connectivity index (χ1) is 16.9. The van der Waals surface area contributed by atoms with E-state index < -0.39 is 5.97 Å². The van der Waals surface area contributed by atoms with E-state index in [1.54, 1.807) is 11.7 Å². The molecule has 4 rings (SSSR count). The molecule has 0 saturated heterocycles. The van der Waals surface area contributed by atoms with Crippen LogP contribution in [0.3, 0.4) is 0 Å². The number of carbonyl (C=O) groups is 1. The standard InChI is InChI=1S/C23H31N7O5/c1-4-10-33-13-20-26-23(28-35-20)24-12-18-21(27-29-30(18)3)17-8-9-19(14(2)25-17)34-16-7-5-6-15(11-16)22(31)32/h8-9,15-16H,4-7,10-13H2,1-3H3,(H,24,28)(H,31,32)/t15-,16-/m0/s1. The topological polar surface area (TPSA) is 150 Å². The summed E-state index contributed by atoms with van der Waals surface area (Å²) in [4.78, 5) is 20.3. The summed E-state index contributed by atoms with van der Waals surface area (Å²) in [5.74, 6) is 0.305. The number of hydrogen-bond donors (Lipinski definition) is 2. The van der Waals surface area contributed by atoms with E-state index in [9.17, 15) is 9.90 Å². The van der Waals surface area contributed by atoms with Gasteiger partial charge >= 0.3 is 5.97 Å². The average molecular weight is 486 g/mol. The number of hydrogen-bond acceptors (Lipinski definition) is 10. The van der Waals surface area contributed by atoms with Crippen LogP contribution in [0.2, 0.25) is 0 Å². The van der Waals surface area contributed by atoms with Gasteiger partial charge in [0, 0.05) is 13.7 Å². The molecule has 3 aromatic heterocycles. The van der Waals surface area contributed by atoms with Gasteiger partial charge in [0.2, 0.25) is 0 Å². The Kier molecular flexibility index (Phi) is 7.91. The lowest BCUT2D eigenvalue weighted by atomic mass is 9.87. The molecular formula is C23H31N7O5. The Morgan fingerprint density at radius 2 is 2.17 bits per heavy atom. The van der Waals surface area contributed by atoms with Gasteiger partial charge < -0.3 is 24.4 Å². The molecule has 1 saturated carbocycles. The van der Waals surface area contributed by atoms with Crippen LogP contribution in [0, 0.1) is 12.8 Å². The first-order valence-corrected chi connectivity index (χ1v) is 11.8. The summed E-state index contributed by atoms with van der Waals surface area (Å²) < 4.78 is 18.4. The van der Waals surface area contributed by atoms with Crippen molar-refractivity contribution in [1.29, 1.82) is 0 Å². The maximum atomic E-state index is 11.3. The molecule has 1 aliphatic carbocycles. The highest BCUT2D eigenvalue weighted by Crippen LogP contribution is 2.30. The van der Waals surface area contributed by atoms with Crippen LogP contribution in [-0.4, -0.2) is 53.9 Å². The Labute approximate surface area is 203 Å². The predicted octanol–water partition coefficient (Wildman–Crippen LogP) is 3.13. The number of ether oxygens (including phenoxy) is 2. The number of aliphatic carboxylic acids is 1. The first-order valence-electron chi connectivity index (χ1n) is 11.8. The lowest BCUT2D eigenvalue weighted by Gasteiger charge is -2.27. The smallest absolute Gasteiger partial charge is 0.306 e. The Hall–Kier alpha value is -3.54. The van der Waals surface area contributed by atoms with E-state index in [0.29, 0.717) is 60.7 Å². The van der Waals surface area contributed by atoms with Crippen molar-refractivity contribution in [2.45, 2.75) is 65.2 Å². The average Bonchev–Trinajstić information content (AvgIpc) is 3.45. The molecule has 3 aromatic rings. The largest absolute Gasteiger partial charge is 0.489 e. The molecule has 0 aromatic carbocycles. The van der Waals surface area contributed by atoms with Gasteiger partial charge in [0.25, 0.3) is 11.8 Å². The zero-order valence-electron chi connectivity index (χ0n) is 20.2. The van der Waals surface area contributed by atoms with Crippen LogP contribution in [0.1, 0.15) is 56.3 Å². The molecule has 35 heavy (non-hydrogen) atoms. The molecule has 2 atom stereocenters. The zero-order chi connectivity index (χ0) is 24.8. The van der Waals surface area contributed by atoms with Crippen molar-refractivity contribution in [3.05, 3.63) is 29.4 Å². The van der Waals surface area contributed by atoms with E-state index >= 15 is 0 Å². The monoisotopic (exact) mass is 485 g/mol. The molecule has 1 fully saturated rings. The van der Waals surface area contributed by atoms with Crippen molar-refractivity contribution >= 4 is 11.9 Å². The van der Waals surface area contributed by atoms with E-state index in [0.717, 1.165) is 25.0 Å².